The molecule has 1 N–H and O–H groups in total. The third-order valence-corrected chi connectivity index (χ3v) is 4.50. The summed E-state index contributed by atoms with van der Waals surface area (Å²) in [7, 11) is -1.28. The van der Waals surface area contributed by atoms with E-state index in [0.717, 1.165) is 24.1 Å². The van der Waals surface area contributed by atoms with Crippen molar-refractivity contribution in [2.75, 3.05) is 13.3 Å². The van der Waals surface area contributed by atoms with Crippen molar-refractivity contribution in [3.63, 3.8) is 0 Å². The Hall–Kier alpha value is -1.66. The van der Waals surface area contributed by atoms with Gasteiger partial charge in [-0.25, -0.2) is 8.42 Å². The van der Waals surface area contributed by atoms with Crippen molar-refractivity contribution < 1.29 is 8.42 Å². The Balaban J connectivity index is 2.28. The first-order valence-electron chi connectivity index (χ1n) is 6.95. The SMILES string of the molecule is CCCn1cc(C(NC)c2ccc(S(C)(=O)=O)cc2)cn1. The molecule has 0 bridgehead atoms. The Labute approximate surface area is 125 Å². The van der Waals surface area contributed by atoms with Crippen LogP contribution < -0.4 is 5.32 Å². The van der Waals surface area contributed by atoms with Crippen LogP contribution in [-0.2, 0) is 16.4 Å². The van der Waals surface area contributed by atoms with Gasteiger partial charge in [0.05, 0.1) is 17.1 Å². The summed E-state index contributed by atoms with van der Waals surface area (Å²) in [5.74, 6) is 0. The molecular formula is C15H21N3O2S. The number of aryl methyl sites for hydroxylation is 1. The summed E-state index contributed by atoms with van der Waals surface area (Å²) in [6.45, 7) is 3.00. The minimum absolute atomic E-state index is 0.00390. The van der Waals surface area contributed by atoms with Crippen LogP contribution in [0.5, 0.6) is 0 Å². The molecule has 5 nitrogen and oxygen atoms in total. The molecule has 0 aliphatic rings. The van der Waals surface area contributed by atoms with Gasteiger partial charge in [-0.2, -0.15) is 5.10 Å². The molecule has 2 aromatic rings. The lowest BCUT2D eigenvalue weighted by Gasteiger charge is -2.15. The Morgan fingerprint density at radius 2 is 1.90 bits per heavy atom. The highest BCUT2D eigenvalue weighted by Crippen LogP contribution is 2.22. The van der Waals surface area contributed by atoms with E-state index in [9.17, 15) is 8.42 Å². The van der Waals surface area contributed by atoms with Crippen LogP contribution in [0.25, 0.3) is 0 Å². The molecule has 0 amide bonds. The van der Waals surface area contributed by atoms with Crippen molar-refractivity contribution in [3.8, 4) is 0 Å². The van der Waals surface area contributed by atoms with E-state index in [4.69, 9.17) is 0 Å². The van der Waals surface area contributed by atoms with E-state index in [1.165, 1.54) is 6.26 Å². The highest BCUT2D eigenvalue weighted by molar-refractivity contribution is 7.90. The molecule has 1 aromatic heterocycles. The molecule has 0 saturated carbocycles. The zero-order chi connectivity index (χ0) is 15.5. The molecule has 21 heavy (non-hydrogen) atoms. The number of aromatic nitrogens is 2. The van der Waals surface area contributed by atoms with Crippen molar-refractivity contribution in [1.82, 2.24) is 15.1 Å². The zero-order valence-corrected chi connectivity index (χ0v) is 13.4. The summed E-state index contributed by atoms with van der Waals surface area (Å²) in [6, 6.07) is 6.98. The van der Waals surface area contributed by atoms with Gasteiger partial charge in [-0.05, 0) is 31.2 Å². The maximum atomic E-state index is 11.5. The maximum Gasteiger partial charge on any atom is 0.175 e. The summed E-state index contributed by atoms with van der Waals surface area (Å²) in [6.07, 6.45) is 6.12. The second-order valence-electron chi connectivity index (χ2n) is 5.10. The van der Waals surface area contributed by atoms with Crippen LogP contribution in [-0.4, -0.2) is 31.5 Å². The first kappa shape index (κ1) is 15.7. The lowest BCUT2D eigenvalue weighted by Crippen LogP contribution is -2.17. The van der Waals surface area contributed by atoms with Crippen molar-refractivity contribution in [3.05, 3.63) is 47.8 Å². The van der Waals surface area contributed by atoms with Crippen LogP contribution in [0.2, 0.25) is 0 Å². The van der Waals surface area contributed by atoms with Crippen molar-refractivity contribution in [1.29, 1.82) is 0 Å². The Bertz CT molecular complexity index is 690. The minimum Gasteiger partial charge on any atom is -0.309 e. The number of hydrogen-bond acceptors (Lipinski definition) is 4. The van der Waals surface area contributed by atoms with E-state index in [1.807, 2.05) is 36.3 Å². The van der Waals surface area contributed by atoms with E-state index >= 15 is 0 Å². The van der Waals surface area contributed by atoms with Gasteiger partial charge in [-0.15, -0.1) is 0 Å². The Kier molecular flexibility index (Phi) is 4.80. The monoisotopic (exact) mass is 307 g/mol. The van der Waals surface area contributed by atoms with Gasteiger partial charge in [0.15, 0.2) is 9.84 Å². The number of nitrogens with zero attached hydrogens (tertiary/aromatic N) is 2. The minimum atomic E-state index is -3.16. The molecule has 1 unspecified atom stereocenters. The zero-order valence-electron chi connectivity index (χ0n) is 12.6. The molecule has 114 valence electrons. The quantitative estimate of drug-likeness (QED) is 0.886. The third kappa shape index (κ3) is 3.71. The fraction of sp³-hybridized carbons (Fsp3) is 0.400. The van der Waals surface area contributed by atoms with Crippen LogP contribution in [0.1, 0.15) is 30.5 Å². The van der Waals surface area contributed by atoms with Crippen molar-refractivity contribution >= 4 is 9.84 Å². The topological polar surface area (TPSA) is 64.0 Å². The normalized spacial score (nSPS) is 13.3. The Morgan fingerprint density at radius 3 is 2.43 bits per heavy atom. The van der Waals surface area contributed by atoms with Crippen molar-refractivity contribution in [2.45, 2.75) is 30.8 Å². The second-order valence-corrected chi connectivity index (χ2v) is 7.12. The summed E-state index contributed by atoms with van der Waals surface area (Å²) in [5.41, 5.74) is 2.08. The summed E-state index contributed by atoms with van der Waals surface area (Å²) in [5, 5.41) is 7.58. The van der Waals surface area contributed by atoms with Gasteiger partial charge >= 0.3 is 0 Å². The number of nitrogens with one attached hydrogen (secondary N) is 1. The van der Waals surface area contributed by atoms with E-state index in [2.05, 4.69) is 17.3 Å². The standard InChI is InChI=1S/C15H21N3O2S/c1-4-9-18-11-13(10-17-18)15(16-2)12-5-7-14(8-6-12)21(3,19)20/h5-8,10-11,15-16H,4,9H2,1-3H3. The van der Waals surface area contributed by atoms with E-state index in [0.29, 0.717) is 4.90 Å². The van der Waals surface area contributed by atoms with Crippen LogP contribution in [0.4, 0.5) is 0 Å². The van der Waals surface area contributed by atoms with Gasteiger partial charge in [-0.3, -0.25) is 4.68 Å². The first-order chi connectivity index (χ1) is 9.95. The fourth-order valence-corrected chi connectivity index (χ4v) is 2.94. The summed E-state index contributed by atoms with van der Waals surface area (Å²) in [4.78, 5) is 0.336. The first-order valence-corrected chi connectivity index (χ1v) is 8.84. The van der Waals surface area contributed by atoms with Crippen LogP contribution in [0.15, 0.2) is 41.6 Å². The highest BCUT2D eigenvalue weighted by atomic mass is 32.2. The van der Waals surface area contributed by atoms with Gasteiger partial charge < -0.3 is 5.32 Å². The number of hydrogen-bond donors (Lipinski definition) is 1. The molecule has 0 aliphatic heterocycles. The van der Waals surface area contributed by atoms with Crippen LogP contribution >= 0.6 is 0 Å². The van der Waals surface area contributed by atoms with Crippen LogP contribution in [0.3, 0.4) is 0 Å². The number of benzene rings is 1. The molecule has 2 rings (SSSR count). The van der Waals surface area contributed by atoms with Gasteiger partial charge in [0.1, 0.15) is 0 Å². The molecule has 0 spiro atoms. The summed E-state index contributed by atoms with van der Waals surface area (Å²) < 4.78 is 24.9. The van der Waals surface area contributed by atoms with Crippen molar-refractivity contribution in [2.24, 2.45) is 0 Å². The molecule has 6 heteroatoms. The van der Waals surface area contributed by atoms with Gasteiger partial charge in [-0.1, -0.05) is 19.1 Å². The number of rotatable bonds is 6. The molecule has 0 aliphatic carbocycles. The molecule has 0 fully saturated rings. The van der Waals surface area contributed by atoms with E-state index in [-0.39, 0.29) is 6.04 Å². The lowest BCUT2D eigenvalue weighted by atomic mass is 10.0. The molecule has 1 aromatic carbocycles. The summed E-state index contributed by atoms with van der Waals surface area (Å²) >= 11 is 0. The van der Waals surface area contributed by atoms with E-state index < -0.39 is 9.84 Å². The molecule has 1 heterocycles. The smallest absolute Gasteiger partial charge is 0.175 e. The van der Waals surface area contributed by atoms with E-state index in [1.54, 1.807) is 12.1 Å². The third-order valence-electron chi connectivity index (χ3n) is 3.37. The molecule has 0 radical (unpaired) electrons. The molecular weight excluding hydrogens is 286 g/mol. The predicted octanol–water partition coefficient (Wildman–Crippen LogP) is 2.01. The maximum absolute atomic E-state index is 11.5. The predicted molar refractivity (Wildman–Crippen MR) is 83.0 cm³/mol. The molecule has 1 atom stereocenters. The Morgan fingerprint density at radius 1 is 1.24 bits per heavy atom. The number of sulfone groups is 1. The fourth-order valence-electron chi connectivity index (χ4n) is 2.31. The van der Waals surface area contributed by atoms with Gasteiger partial charge in [0.25, 0.3) is 0 Å². The average molecular weight is 307 g/mol. The lowest BCUT2D eigenvalue weighted by molar-refractivity contribution is 0.600. The van der Waals surface area contributed by atoms with Gasteiger partial charge in [0, 0.05) is 24.6 Å². The molecule has 0 saturated heterocycles. The van der Waals surface area contributed by atoms with Gasteiger partial charge in [0.2, 0.25) is 0 Å². The van der Waals surface area contributed by atoms with Crippen LogP contribution in [0, 0.1) is 0 Å². The largest absolute Gasteiger partial charge is 0.309 e. The average Bonchev–Trinajstić information content (AvgIpc) is 2.88. The second kappa shape index (κ2) is 6.41. The highest BCUT2D eigenvalue weighted by Gasteiger charge is 2.15.